The molecular weight excluding hydrogens is 326 g/mol. The van der Waals surface area contributed by atoms with Crippen molar-refractivity contribution in [3.8, 4) is 0 Å². The molecule has 0 spiro atoms. The summed E-state index contributed by atoms with van der Waals surface area (Å²) in [4.78, 5) is 16.6. The number of rotatable bonds is 4. The lowest BCUT2D eigenvalue weighted by Crippen LogP contribution is -2.33. The average molecular weight is 343 g/mol. The van der Waals surface area contributed by atoms with E-state index in [0.717, 1.165) is 16.5 Å². The number of furan rings is 1. The van der Waals surface area contributed by atoms with Crippen molar-refractivity contribution >= 4 is 22.8 Å². The van der Waals surface area contributed by atoms with E-state index < -0.39 is 6.04 Å². The Labute approximate surface area is 150 Å². The summed E-state index contributed by atoms with van der Waals surface area (Å²) in [7, 11) is 0. The highest BCUT2D eigenvalue weighted by Gasteiger charge is 2.21. The lowest BCUT2D eigenvalue weighted by molar-refractivity contribution is 0.248. The highest BCUT2D eigenvalue weighted by atomic mass is 16.3. The first-order valence-electron chi connectivity index (χ1n) is 8.31. The topological polar surface area (TPSA) is 67.2 Å². The molecule has 0 saturated carbocycles. The maximum Gasteiger partial charge on any atom is 0.321 e. The van der Waals surface area contributed by atoms with Gasteiger partial charge in [0, 0.05) is 11.6 Å². The van der Waals surface area contributed by atoms with Gasteiger partial charge in [0.1, 0.15) is 23.2 Å². The van der Waals surface area contributed by atoms with E-state index in [9.17, 15) is 4.79 Å². The molecule has 128 valence electrons. The van der Waals surface area contributed by atoms with Crippen molar-refractivity contribution < 1.29 is 9.21 Å². The van der Waals surface area contributed by atoms with E-state index in [0.29, 0.717) is 11.6 Å². The van der Waals surface area contributed by atoms with Crippen molar-refractivity contribution in [3.05, 3.63) is 96.4 Å². The van der Waals surface area contributed by atoms with Gasteiger partial charge in [-0.25, -0.2) is 9.78 Å². The number of fused-ring (bicyclic) bond motifs is 1. The van der Waals surface area contributed by atoms with Crippen LogP contribution in [0.1, 0.15) is 17.4 Å². The number of pyridine rings is 1. The molecule has 2 heterocycles. The third-order valence-electron chi connectivity index (χ3n) is 4.04. The molecule has 0 radical (unpaired) electrons. The van der Waals surface area contributed by atoms with Crippen molar-refractivity contribution in [2.24, 2.45) is 0 Å². The highest BCUT2D eigenvalue weighted by molar-refractivity contribution is 5.89. The minimum Gasteiger partial charge on any atom is -0.459 e. The fourth-order valence-corrected chi connectivity index (χ4v) is 2.83. The van der Waals surface area contributed by atoms with Crippen LogP contribution in [0.5, 0.6) is 0 Å². The van der Waals surface area contributed by atoms with Crippen molar-refractivity contribution in [2.45, 2.75) is 6.04 Å². The second-order valence-corrected chi connectivity index (χ2v) is 5.84. The number of para-hydroxylation sites is 1. The summed E-state index contributed by atoms with van der Waals surface area (Å²) in [5, 5.41) is 6.71. The number of nitrogens with zero attached hydrogens (tertiary/aromatic N) is 1. The van der Waals surface area contributed by atoms with Gasteiger partial charge in [-0.2, -0.15) is 0 Å². The van der Waals surface area contributed by atoms with E-state index in [1.807, 2.05) is 66.7 Å². The molecule has 0 unspecified atom stereocenters. The number of carbonyl (C=O) groups excluding carboxylic acids is 1. The summed E-state index contributed by atoms with van der Waals surface area (Å²) in [5.41, 5.74) is 1.72. The van der Waals surface area contributed by atoms with Crippen LogP contribution in [0.3, 0.4) is 0 Å². The average Bonchev–Trinajstić information content (AvgIpc) is 3.11. The number of hydrogen-bond donors (Lipinski definition) is 2. The van der Waals surface area contributed by atoms with Gasteiger partial charge in [-0.05, 0) is 29.8 Å². The number of hydrogen-bond acceptors (Lipinski definition) is 3. The van der Waals surface area contributed by atoms with Crippen molar-refractivity contribution in [3.63, 3.8) is 0 Å². The van der Waals surface area contributed by atoms with Crippen molar-refractivity contribution in [1.29, 1.82) is 0 Å². The van der Waals surface area contributed by atoms with Crippen LogP contribution in [0, 0.1) is 0 Å². The fraction of sp³-hybridized carbons (Fsp3) is 0.0476. The molecule has 0 aliphatic heterocycles. The first kappa shape index (κ1) is 15.9. The Morgan fingerprint density at radius 1 is 0.923 bits per heavy atom. The number of urea groups is 1. The van der Waals surface area contributed by atoms with E-state index in [2.05, 4.69) is 15.6 Å². The third-order valence-corrected chi connectivity index (χ3v) is 4.04. The van der Waals surface area contributed by atoms with Crippen LogP contribution in [0.2, 0.25) is 0 Å². The van der Waals surface area contributed by atoms with Gasteiger partial charge in [0.2, 0.25) is 0 Å². The van der Waals surface area contributed by atoms with Crippen LogP contribution < -0.4 is 10.6 Å². The van der Waals surface area contributed by atoms with Gasteiger partial charge >= 0.3 is 6.03 Å². The summed E-state index contributed by atoms with van der Waals surface area (Å²) in [6.45, 7) is 0. The predicted molar refractivity (Wildman–Crippen MR) is 101 cm³/mol. The normalized spacial score (nSPS) is 11.8. The number of carbonyl (C=O) groups is 1. The Bertz CT molecular complexity index is 980. The number of aromatic nitrogens is 1. The molecule has 2 amide bonds. The lowest BCUT2D eigenvalue weighted by atomic mass is 10.0. The molecule has 0 aliphatic carbocycles. The van der Waals surface area contributed by atoms with Crippen molar-refractivity contribution in [1.82, 2.24) is 10.3 Å². The summed E-state index contributed by atoms with van der Waals surface area (Å²) >= 11 is 0. The standard InChI is InChI=1S/C21H17N3O2/c25-21(23-19-12-6-7-13-22-19)24-20(15-8-2-1-3-9-15)18-14-16-10-4-5-11-17(16)26-18/h1-14,20H,(H2,22,23,24,25)/t20-/m0/s1. The number of nitrogens with one attached hydrogen (secondary N) is 2. The van der Waals surface area contributed by atoms with E-state index in [1.165, 1.54) is 0 Å². The largest absolute Gasteiger partial charge is 0.459 e. The van der Waals surface area contributed by atoms with Gasteiger partial charge in [-0.3, -0.25) is 5.32 Å². The van der Waals surface area contributed by atoms with Gasteiger partial charge in [0.15, 0.2) is 0 Å². The van der Waals surface area contributed by atoms with Gasteiger partial charge < -0.3 is 9.73 Å². The van der Waals surface area contributed by atoms with Gasteiger partial charge in [0.05, 0.1) is 0 Å². The van der Waals surface area contributed by atoms with Crippen LogP contribution in [-0.4, -0.2) is 11.0 Å². The summed E-state index contributed by atoms with van der Waals surface area (Å²) < 4.78 is 5.98. The molecule has 0 saturated heterocycles. The minimum atomic E-state index is -0.410. The molecule has 0 aliphatic rings. The van der Waals surface area contributed by atoms with Crippen molar-refractivity contribution in [2.75, 3.05) is 5.32 Å². The highest BCUT2D eigenvalue weighted by Crippen LogP contribution is 2.28. The van der Waals surface area contributed by atoms with Crippen LogP contribution in [-0.2, 0) is 0 Å². The second-order valence-electron chi connectivity index (χ2n) is 5.84. The molecule has 0 bridgehead atoms. The first-order valence-corrected chi connectivity index (χ1v) is 8.31. The zero-order chi connectivity index (χ0) is 17.8. The zero-order valence-electron chi connectivity index (χ0n) is 13.9. The quantitative estimate of drug-likeness (QED) is 0.562. The minimum absolute atomic E-state index is 0.349. The molecule has 2 N–H and O–H groups in total. The Morgan fingerprint density at radius 2 is 1.69 bits per heavy atom. The van der Waals surface area contributed by atoms with E-state index in [1.54, 1.807) is 18.3 Å². The molecule has 2 aromatic carbocycles. The van der Waals surface area contributed by atoms with E-state index in [4.69, 9.17) is 4.42 Å². The molecular formula is C21H17N3O2. The number of anilines is 1. The monoisotopic (exact) mass is 343 g/mol. The third kappa shape index (κ3) is 3.42. The van der Waals surface area contributed by atoms with Gasteiger partial charge in [0.25, 0.3) is 0 Å². The smallest absolute Gasteiger partial charge is 0.321 e. The zero-order valence-corrected chi connectivity index (χ0v) is 13.9. The molecule has 26 heavy (non-hydrogen) atoms. The Balaban J connectivity index is 1.64. The maximum absolute atomic E-state index is 12.5. The molecule has 5 nitrogen and oxygen atoms in total. The van der Waals surface area contributed by atoms with E-state index >= 15 is 0 Å². The summed E-state index contributed by atoms with van der Waals surface area (Å²) in [6, 6.07) is 24.0. The predicted octanol–water partition coefficient (Wildman–Crippen LogP) is 4.74. The Morgan fingerprint density at radius 3 is 2.46 bits per heavy atom. The SMILES string of the molecule is O=C(Nc1ccccn1)N[C@@H](c1ccccc1)c1cc2ccccc2o1. The van der Waals surface area contributed by atoms with Gasteiger partial charge in [-0.1, -0.05) is 54.6 Å². The molecule has 4 rings (SSSR count). The van der Waals surface area contributed by atoms with Crippen LogP contribution in [0.4, 0.5) is 10.6 Å². The first-order chi connectivity index (χ1) is 12.8. The molecule has 2 aromatic heterocycles. The van der Waals surface area contributed by atoms with Crippen LogP contribution in [0.15, 0.2) is 89.5 Å². The van der Waals surface area contributed by atoms with Crippen LogP contribution in [0.25, 0.3) is 11.0 Å². The number of amides is 2. The Hall–Kier alpha value is -3.60. The fourth-order valence-electron chi connectivity index (χ4n) is 2.83. The lowest BCUT2D eigenvalue weighted by Gasteiger charge is -2.17. The number of benzene rings is 2. The Kier molecular flexibility index (Phi) is 4.35. The molecule has 1 atom stereocenters. The van der Waals surface area contributed by atoms with Gasteiger partial charge in [-0.15, -0.1) is 0 Å². The maximum atomic E-state index is 12.5. The molecule has 0 fully saturated rings. The summed E-state index contributed by atoms with van der Waals surface area (Å²) in [5.74, 6) is 1.16. The van der Waals surface area contributed by atoms with Crippen LogP contribution >= 0.6 is 0 Å². The van der Waals surface area contributed by atoms with E-state index in [-0.39, 0.29) is 6.03 Å². The second kappa shape index (κ2) is 7.11. The molecule has 5 heteroatoms. The molecule has 4 aromatic rings. The summed E-state index contributed by atoms with van der Waals surface area (Å²) in [6.07, 6.45) is 1.63.